The van der Waals surface area contributed by atoms with E-state index in [1.165, 1.54) is 0 Å². The summed E-state index contributed by atoms with van der Waals surface area (Å²) >= 11 is 0. The van der Waals surface area contributed by atoms with E-state index in [9.17, 15) is 5.11 Å². The first-order valence-corrected chi connectivity index (χ1v) is 6.46. The zero-order chi connectivity index (χ0) is 14.1. The van der Waals surface area contributed by atoms with E-state index in [2.05, 4.69) is 4.98 Å². The van der Waals surface area contributed by atoms with E-state index in [-0.39, 0.29) is 6.61 Å². The van der Waals surface area contributed by atoms with Crippen LogP contribution in [0.5, 0.6) is 5.75 Å². The molecule has 1 N–H and O–H groups in total. The van der Waals surface area contributed by atoms with Crippen LogP contribution in [0.25, 0.3) is 16.9 Å². The Morgan fingerprint density at radius 1 is 1.20 bits per heavy atom. The van der Waals surface area contributed by atoms with Crippen LogP contribution in [0.3, 0.4) is 0 Å². The minimum Gasteiger partial charge on any atom is -0.497 e. The summed E-state index contributed by atoms with van der Waals surface area (Å²) in [6.45, 7) is 2.07. The Morgan fingerprint density at radius 3 is 2.60 bits per heavy atom. The Labute approximate surface area is 117 Å². The van der Waals surface area contributed by atoms with Crippen LogP contribution in [0.2, 0.25) is 0 Å². The molecule has 2 heterocycles. The number of methoxy groups -OCH3 is 1. The molecule has 20 heavy (non-hydrogen) atoms. The van der Waals surface area contributed by atoms with E-state index in [1.54, 1.807) is 7.11 Å². The van der Waals surface area contributed by atoms with Crippen LogP contribution in [0.4, 0.5) is 0 Å². The summed E-state index contributed by atoms with van der Waals surface area (Å²) in [6, 6.07) is 11.7. The predicted molar refractivity (Wildman–Crippen MR) is 77.8 cm³/mol. The average molecular weight is 268 g/mol. The number of fused-ring (bicyclic) bond motifs is 1. The van der Waals surface area contributed by atoms with Crippen molar-refractivity contribution in [2.45, 2.75) is 13.5 Å². The van der Waals surface area contributed by atoms with Crippen molar-refractivity contribution in [2.75, 3.05) is 7.11 Å². The average Bonchev–Trinajstić information content (AvgIpc) is 2.84. The number of aromatic nitrogens is 2. The first kappa shape index (κ1) is 12.7. The summed E-state index contributed by atoms with van der Waals surface area (Å²) in [5, 5.41) is 9.20. The van der Waals surface area contributed by atoms with Crippen molar-refractivity contribution >= 4 is 5.65 Å². The Bertz CT molecular complexity index is 745. The number of ether oxygens (including phenoxy) is 1. The van der Waals surface area contributed by atoms with Gasteiger partial charge in [0.05, 0.1) is 19.4 Å². The zero-order valence-electron chi connectivity index (χ0n) is 11.5. The van der Waals surface area contributed by atoms with E-state index >= 15 is 0 Å². The van der Waals surface area contributed by atoms with Gasteiger partial charge in [-0.15, -0.1) is 0 Å². The third-order valence-electron chi connectivity index (χ3n) is 3.48. The standard InChI is InChI=1S/C16H16N2O2/c1-11-16(13-3-5-14(20-2)6-4-13)17-15-9-12(10-19)7-8-18(11)15/h3-9,19H,10H2,1-2H3. The lowest BCUT2D eigenvalue weighted by Gasteiger charge is -2.02. The van der Waals surface area contributed by atoms with Crippen molar-refractivity contribution in [1.82, 2.24) is 9.38 Å². The lowest BCUT2D eigenvalue weighted by Crippen LogP contribution is -1.90. The molecule has 4 nitrogen and oxygen atoms in total. The lowest BCUT2D eigenvalue weighted by molar-refractivity contribution is 0.282. The maximum atomic E-state index is 9.20. The molecule has 3 aromatic rings. The molecule has 0 aliphatic heterocycles. The lowest BCUT2D eigenvalue weighted by atomic mass is 10.1. The molecule has 4 heteroatoms. The Balaban J connectivity index is 2.12. The molecule has 0 aliphatic rings. The Hall–Kier alpha value is -2.33. The number of aliphatic hydroxyl groups is 1. The molecular formula is C16H16N2O2. The highest BCUT2D eigenvalue weighted by Gasteiger charge is 2.10. The Morgan fingerprint density at radius 2 is 1.95 bits per heavy atom. The first-order chi connectivity index (χ1) is 9.72. The molecular weight excluding hydrogens is 252 g/mol. The van der Waals surface area contributed by atoms with Crippen LogP contribution in [0.1, 0.15) is 11.3 Å². The molecule has 0 unspecified atom stereocenters. The topological polar surface area (TPSA) is 46.8 Å². The van der Waals surface area contributed by atoms with Gasteiger partial charge in [-0.3, -0.25) is 0 Å². The minimum absolute atomic E-state index is 0.0281. The second-order valence-corrected chi connectivity index (χ2v) is 4.70. The minimum atomic E-state index is 0.0281. The van der Waals surface area contributed by atoms with Gasteiger partial charge < -0.3 is 14.2 Å². The first-order valence-electron chi connectivity index (χ1n) is 6.46. The largest absolute Gasteiger partial charge is 0.497 e. The van der Waals surface area contributed by atoms with Crippen molar-refractivity contribution in [3.05, 3.63) is 53.9 Å². The van der Waals surface area contributed by atoms with Gasteiger partial charge in [-0.2, -0.15) is 0 Å². The fraction of sp³-hybridized carbons (Fsp3) is 0.188. The predicted octanol–water partition coefficient (Wildman–Crippen LogP) is 2.81. The van der Waals surface area contributed by atoms with Crippen molar-refractivity contribution in [3.63, 3.8) is 0 Å². The summed E-state index contributed by atoms with van der Waals surface area (Å²) in [7, 11) is 1.65. The molecule has 1 aromatic carbocycles. The highest BCUT2D eigenvalue weighted by Crippen LogP contribution is 2.26. The summed E-state index contributed by atoms with van der Waals surface area (Å²) < 4.78 is 7.20. The Kier molecular flexibility index (Phi) is 3.16. The second-order valence-electron chi connectivity index (χ2n) is 4.70. The highest BCUT2D eigenvalue weighted by molar-refractivity contribution is 5.67. The second kappa shape index (κ2) is 4.98. The summed E-state index contributed by atoms with van der Waals surface area (Å²) in [6.07, 6.45) is 1.94. The molecule has 0 saturated heterocycles. The van der Waals surface area contributed by atoms with Gasteiger partial charge in [0.25, 0.3) is 0 Å². The van der Waals surface area contributed by atoms with Crippen molar-refractivity contribution < 1.29 is 9.84 Å². The van der Waals surface area contributed by atoms with E-state index in [0.29, 0.717) is 0 Å². The summed E-state index contributed by atoms with van der Waals surface area (Å²) in [5.74, 6) is 0.831. The van der Waals surface area contributed by atoms with Crippen molar-refractivity contribution in [1.29, 1.82) is 0 Å². The molecule has 0 fully saturated rings. The molecule has 0 atom stereocenters. The maximum absolute atomic E-state index is 9.20. The number of aryl methyl sites for hydroxylation is 1. The number of rotatable bonds is 3. The molecule has 0 saturated carbocycles. The number of pyridine rings is 1. The molecule has 3 rings (SSSR count). The van der Waals surface area contributed by atoms with Crippen molar-refractivity contribution in [3.8, 4) is 17.0 Å². The number of hydrogen-bond acceptors (Lipinski definition) is 3. The molecule has 0 spiro atoms. The van der Waals surface area contributed by atoms with Gasteiger partial charge in [0, 0.05) is 17.5 Å². The third kappa shape index (κ3) is 2.04. The van der Waals surface area contributed by atoms with Crippen LogP contribution in [-0.4, -0.2) is 21.6 Å². The third-order valence-corrected chi connectivity index (χ3v) is 3.48. The van der Waals surface area contributed by atoms with E-state index < -0.39 is 0 Å². The van der Waals surface area contributed by atoms with Crippen LogP contribution >= 0.6 is 0 Å². The van der Waals surface area contributed by atoms with Gasteiger partial charge in [-0.25, -0.2) is 4.98 Å². The van der Waals surface area contributed by atoms with E-state index in [0.717, 1.165) is 33.9 Å². The quantitative estimate of drug-likeness (QED) is 0.794. The number of hydrogen-bond donors (Lipinski definition) is 1. The van der Waals surface area contributed by atoms with E-state index in [4.69, 9.17) is 4.74 Å². The number of imidazole rings is 1. The molecule has 2 aromatic heterocycles. The normalized spacial score (nSPS) is 10.9. The van der Waals surface area contributed by atoms with Crippen LogP contribution in [-0.2, 0) is 6.61 Å². The number of benzene rings is 1. The maximum Gasteiger partial charge on any atom is 0.138 e. The SMILES string of the molecule is COc1ccc(-c2nc3cc(CO)ccn3c2C)cc1. The van der Waals surface area contributed by atoms with Crippen molar-refractivity contribution in [2.24, 2.45) is 0 Å². The highest BCUT2D eigenvalue weighted by atomic mass is 16.5. The summed E-state index contributed by atoms with van der Waals surface area (Å²) in [5.41, 5.74) is 4.79. The van der Waals surface area contributed by atoms with Crippen LogP contribution in [0.15, 0.2) is 42.6 Å². The van der Waals surface area contributed by atoms with Crippen LogP contribution in [0, 0.1) is 6.92 Å². The molecule has 0 radical (unpaired) electrons. The smallest absolute Gasteiger partial charge is 0.138 e. The summed E-state index contributed by atoms with van der Waals surface area (Å²) in [4.78, 5) is 4.66. The van der Waals surface area contributed by atoms with Gasteiger partial charge in [0.1, 0.15) is 11.4 Å². The fourth-order valence-electron chi connectivity index (χ4n) is 2.33. The van der Waals surface area contributed by atoms with Crippen LogP contribution < -0.4 is 4.74 Å². The zero-order valence-corrected chi connectivity index (χ0v) is 11.5. The molecule has 0 aliphatic carbocycles. The van der Waals surface area contributed by atoms with Gasteiger partial charge in [-0.1, -0.05) is 0 Å². The van der Waals surface area contributed by atoms with Gasteiger partial charge in [0.15, 0.2) is 0 Å². The number of nitrogens with zero attached hydrogens (tertiary/aromatic N) is 2. The molecule has 0 bridgehead atoms. The number of aliphatic hydroxyl groups excluding tert-OH is 1. The van der Waals surface area contributed by atoms with Gasteiger partial charge in [0.2, 0.25) is 0 Å². The van der Waals surface area contributed by atoms with E-state index in [1.807, 2.05) is 53.9 Å². The monoisotopic (exact) mass is 268 g/mol. The fourth-order valence-corrected chi connectivity index (χ4v) is 2.33. The molecule has 102 valence electrons. The molecule has 0 amide bonds. The van der Waals surface area contributed by atoms with Gasteiger partial charge in [-0.05, 0) is 48.9 Å². The van der Waals surface area contributed by atoms with Gasteiger partial charge >= 0.3 is 0 Å².